The van der Waals surface area contributed by atoms with Crippen molar-refractivity contribution in [2.24, 2.45) is 0 Å². The minimum absolute atomic E-state index is 0.278. The molecule has 0 saturated carbocycles. The molecule has 0 aromatic heterocycles. The molecule has 2 rings (SSSR count). The van der Waals surface area contributed by atoms with Crippen LogP contribution in [0.4, 0.5) is 11.4 Å². The topological polar surface area (TPSA) is 75.7 Å². The molecule has 0 saturated heterocycles. The van der Waals surface area contributed by atoms with E-state index < -0.39 is 22.0 Å². The Bertz CT molecular complexity index is 931. The zero-order valence-corrected chi connectivity index (χ0v) is 17.3. The zero-order chi connectivity index (χ0) is 20.2. The van der Waals surface area contributed by atoms with Crippen molar-refractivity contribution in [2.75, 3.05) is 23.0 Å². The third-order valence-corrected chi connectivity index (χ3v) is 5.50. The van der Waals surface area contributed by atoms with Gasteiger partial charge in [0.15, 0.2) is 0 Å². The lowest BCUT2D eigenvalue weighted by molar-refractivity contribution is -0.117. The minimum atomic E-state index is -3.74. The van der Waals surface area contributed by atoms with Gasteiger partial charge in [0.2, 0.25) is 15.9 Å². The lowest BCUT2D eigenvalue weighted by atomic mass is 10.1. The van der Waals surface area contributed by atoms with Crippen molar-refractivity contribution in [1.82, 2.24) is 0 Å². The van der Waals surface area contributed by atoms with Crippen LogP contribution in [-0.2, 0) is 14.8 Å². The van der Waals surface area contributed by atoms with Crippen LogP contribution in [0.25, 0.3) is 0 Å². The van der Waals surface area contributed by atoms with Gasteiger partial charge in [-0.2, -0.15) is 0 Å². The van der Waals surface area contributed by atoms with Crippen LogP contribution in [0.1, 0.15) is 18.9 Å². The number of rotatable bonds is 7. The normalized spacial score (nSPS) is 12.3. The summed E-state index contributed by atoms with van der Waals surface area (Å²) in [4.78, 5) is 13.0. The van der Waals surface area contributed by atoms with E-state index in [1.165, 1.54) is 7.11 Å². The van der Waals surface area contributed by atoms with E-state index in [2.05, 4.69) is 5.32 Å². The second-order valence-electron chi connectivity index (χ2n) is 6.10. The van der Waals surface area contributed by atoms with Crippen molar-refractivity contribution in [3.8, 4) is 5.75 Å². The third-order valence-electron chi connectivity index (χ3n) is 4.10. The van der Waals surface area contributed by atoms with Crippen LogP contribution in [0, 0.1) is 6.92 Å². The number of hydrogen-bond donors (Lipinski definition) is 1. The number of halogens is 1. The number of sulfonamides is 1. The molecule has 1 atom stereocenters. The highest BCUT2D eigenvalue weighted by molar-refractivity contribution is 7.92. The smallest absolute Gasteiger partial charge is 0.248 e. The van der Waals surface area contributed by atoms with Crippen LogP contribution >= 0.6 is 11.6 Å². The number of amides is 1. The van der Waals surface area contributed by atoms with Crippen molar-refractivity contribution < 1.29 is 17.9 Å². The average Bonchev–Trinajstić information content (AvgIpc) is 2.61. The second-order valence-corrected chi connectivity index (χ2v) is 8.40. The molecule has 8 heteroatoms. The molecule has 0 fully saturated rings. The number of methoxy groups -OCH3 is 1. The molecule has 0 bridgehead atoms. The number of hydrogen-bond acceptors (Lipinski definition) is 4. The maximum Gasteiger partial charge on any atom is 0.248 e. The van der Waals surface area contributed by atoms with Crippen LogP contribution in [0.2, 0.25) is 5.02 Å². The fraction of sp³-hybridized carbons (Fsp3) is 0.316. The van der Waals surface area contributed by atoms with Crippen LogP contribution in [0.15, 0.2) is 42.5 Å². The lowest BCUT2D eigenvalue weighted by Gasteiger charge is -2.31. The van der Waals surface area contributed by atoms with Gasteiger partial charge >= 0.3 is 0 Å². The molecule has 0 heterocycles. The third kappa shape index (κ3) is 4.93. The number of benzene rings is 2. The Morgan fingerprint density at radius 1 is 1.26 bits per heavy atom. The molecule has 2 aromatic carbocycles. The Morgan fingerprint density at radius 3 is 2.52 bits per heavy atom. The Kier molecular flexibility index (Phi) is 6.73. The van der Waals surface area contributed by atoms with Gasteiger partial charge in [0.1, 0.15) is 11.8 Å². The summed E-state index contributed by atoms with van der Waals surface area (Å²) in [6.45, 7) is 3.53. The van der Waals surface area contributed by atoms with E-state index in [4.69, 9.17) is 16.3 Å². The van der Waals surface area contributed by atoms with E-state index in [1.807, 2.05) is 0 Å². The highest BCUT2D eigenvalue weighted by atomic mass is 35.5. The van der Waals surface area contributed by atoms with Gasteiger partial charge in [-0.15, -0.1) is 0 Å². The first-order chi connectivity index (χ1) is 12.7. The first-order valence-electron chi connectivity index (χ1n) is 8.38. The monoisotopic (exact) mass is 410 g/mol. The molecule has 6 nitrogen and oxygen atoms in total. The van der Waals surface area contributed by atoms with E-state index in [-0.39, 0.29) is 6.42 Å². The number of carbonyl (C=O) groups is 1. The van der Waals surface area contributed by atoms with Crippen molar-refractivity contribution in [3.05, 3.63) is 53.1 Å². The molecule has 2 aromatic rings. The summed E-state index contributed by atoms with van der Waals surface area (Å²) in [5.74, 6) is 0.0392. The number of aryl methyl sites for hydroxylation is 1. The molecule has 0 aliphatic carbocycles. The Hall–Kier alpha value is -2.25. The summed E-state index contributed by atoms with van der Waals surface area (Å²) in [5.41, 5.74) is 1.56. The number of nitrogens with one attached hydrogen (secondary N) is 1. The molecule has 0 aliphatic heterocycles. The van der Waals surface area contributed by atoms with E-state index in [1.54, 1.807) is 56.3 Å². The van der Waals surface area contributed by atoms with Gasteiger partial charge in [-0.25, -0.2) is 8.42 Å². The molecule has 0 radical (unpaired) electrons. The number of carbonyl (C=O) groups excluding carboxylic acids is 1. The minimum Gasteiger partial charge on any atom is -0.495 e. The lowest BCUT2D eigenvalue weighted by Crippen LogP contribution is -2.47. The van der Waals surface area contributed by atoms with Gasteiger partial charge in [-0.05, 0) is 43.2 Å². The Labute approximate surface area is 165 Å². The van der Waals surface area contributed by atoms with Crippen molar-refractivity contribution >= 4 is 38.9 Å². The summed E-state index contributed by atoms with van der Waals surface area (Å²) in [5, 5.41) is 3.16. The first kappa shape index (κ1) is 21.1. The SMILES string of the molecule is CC[C@H](C(=O)Nc1ccccc1OC)N(c1cc(Cl)ccc1C)S(C)(=O)=O. The Morgan fingerprint density at radius 2 is 1.93 bits per heavy atom. The van der Waals surface area contributed by atoms with Crippen LogP contribution < -0.4 is 14.4 Å². The maximum atomic E-state index is 13.0. The van der Waals surface area contributed by atoms with Gasteiger partial charge in [-0.3, -0.25) is 9.10 Å². The summed E-state index contributed by atoms with van der Waals surface area (Å²) < 4.78 is 31.5. The van der Waals surface area contributed by atoms with Crippen molar-refractivity contribution in [1.29, 1.82) is 0 Å². The van der Waals surface area contributed by atoms with Crippen molar-refractivity contribution in [2.45, 2.75) is 26.3 Å². The molecular formula is C19H23ClN2O4S. The fourth-order valence-corrected chi connectivity index (χ4v) is 4.25. The zero-order valence-electron chi connectivity index (χ0n) is 15.7. The highest BCUT2D eigenvalue weighted by Gasteiger charge is 2.32. The van der Waals surface area contributed by atoms with Gasteiger partial charge in [0.05, 0.1) is 24.7 Å². The number of anilines is 2. The molecule has 1 N–H and O–H groups in total. The van der Waals surface area contributed by atoms with Crippen molar-refractivity contribution in [3.63, 3.8) is 0 Å². The predicted octanol–water partition coefficient (Wildman–Crippen LogP) is 3.84. The molecule has 0 spiro atoms. The molecule has 1 amide bonds. The fourth-order valence-electron chi connectivity index (χ4n) is 2.82. The first-order valence-corrected chi connectivity index (χ1v) is 10.6. The molecular weight excluding hydrogens is 388 g/mol. The van der Waals surface area contributed by atoms with E-state index in [0.717, 1.165) is 10.6 Å². The van der Waals surface area contributed by atoms with Crippen LogP contribution in [0.5, 0.6) is 5.75 Å². The number of ether oxygens (including phenoxy) is 1. The molecule has 146 valence electrons. The quantitative estimate of drug-likeness (QED) is 0.752. The molecule has 0 aliphatic rings. The second kappa shape index (κ2) is 8.63. The predicted molar refractivity (Wildman–Crippen MR) is 109 cm³/mol. The Balaban J connectivity index is 2.46. The van der Waals surface area contributed by atoms with E-state index in [9.17, 15) is 13.2 Å². The van der Waals surface area contributed by atoms with Gasteiger partial charge in [0.25, 0.3) is 0 Å². The number of para-hydroxylation sites is 2. The largest absolute Gasteiger partial charge is 0.495 e. The summed E-state index contributed by atoms with van der Waals surface area (Å²) in [7, 11) is -2.24. The number of nitrogens with zero attached hydrogens (tertiary/aromatic N) is 1. The maximum absolute atomic E-state index is 13.0. The van der Waals surface area contributed by atoms with E-state index in [0.29, 0.717) is 27.7 Å². The van der Waals surface area contributed by atoms with Crippen LogP contribution in [0.3, 0.4) is 0 Å². The van der Waals surface area contributed by atoms with Gasteiger partial charge < -0.3 is 10.1 Å². The van der Waals surface area contributed by atoms with Crippen LogP contribution in [-0.4, -0.2) is 33.7 Å². The molecule has 27 heavy (non-hydrogen) atoms. The highest BCUT2D eigenvalue weighted by Crippen LogP contribution is 2.30. The van der Waals surface area contributed by atoms with Gasteiger partial charge in [0, 0.05) is 5.02 Å². The summed E-state index contributed by atoms with van der Waals surface area (Å²) >= 11 is 6.07. The molecule has 0 unspecified atom stereocenters. The summed E-state index contributed by atoms with van der Waals surface area (Å²) in [6.07, 6.45) is 1.35. The summed E-state index contributed by atoms with van der Waals surface area (Å²) in [6, 6.07) is 11.0. The average molecular weight is 411 g/mol. The standard InChI is InChI=1S/C19H23ClN2O4S/c1-5-16(19(23)21-15-8-6-7-9-18(15)26-3)22(27(4,24)25)17-12-14(20)11-10-13(17)2/h6-12,16H,5H2,1-4H3,(H,21,23)/t16-/m1/s1. The van der Waals surface area contributed by atoms with Gasteiger partial charge in [-0.1, -0.05) is 36.7 Å². The van der Waals surface area contributed by atoms with E-state index >= 15 is 0 Å².